The maximum Gasteiger partial charge on any atom is 0.333 e. The number of hydrogen-bond donors (Lipinski definition) is 0. The Labute approximate surface area is 404 Å². The van der Waals surface area contributed by atoms with Gasteiger partial charge in [-0.2, -0.15) is 0 Å². The lowest BCUT2D eigenvalue weighted by Gasteiger charge is -2.48. The second-order valence-electron chi connectivity index (χ2n) is 24.4. The fourth-order valence-corrected chi connectivity index (χ4v) is 13.8. The standard InChI is InChI=1S/C63H65BN2S/c1-38-30-48-50(63(11,12)29-28-61(48,7)8)37-53(38)65-52-25-22-40(39-18-14-13-15-19-39)31-51(52)64-58-46(32-41(33-55(58)65)59(2,3)4)44-36-57-45(43-20-16-17-21-56(43)67-57)35-54(44)66(64)42-23-24-47-49(34-42)62(9,10)27-26-60(47,5)6/h13-25,30-37H,26-29H2,1-12H3. The Balaban J connectivity index is 1.23. The first kappa shape index (κ1) is 42.8. The summed E-state index contributed by atoms with van der Waals surface area (Å²) in [4.78, 5) is 5.47. The third-order valence-corrected chi connectivity index (χ3v) is 18.2. The van der Waals surface area contributed by atoms with Gasteiger partial charge in [-0.25, -0.2) is 0 Å². The van der Waals surface area contributed by atoms with Crippen molar-refractivity contribution in [2.45, 2.75) is 136 Å². The molecule has 0 unspecified atom stereocenters. The Morgan fingerprint density at radius 3 is 1.84 bits per heavy atom. The second kappa shape index (κ2) is 14.2. The molecule has 3 heterocycles. The average molecular weight is 893 g/mol. The topological polar surface area (TPSA) is 6.48 Å². The lowest BCUT2D eigenvalue weighted by molar-refractivity contribution is 0.332. The number of nitrogens with zero attached hydrogens (tertiary/aromatic N) is 2. The Morgan fingerprint density at radius 1 is 0.493 bits per heavy atom. The molecule has 336 valence electrons. The van der Waals surface area contributed by atoms with Gasteiger partial charge >= 0.3 is 6.85 Å². The summed E-state index contributed by atoms with van der Waals surface area (Å²) in [6.45, 7) is 29.2. The lowest BCUT2D eigenvalue weighted by atomic mass is 9.43. The van der Waals surface area contributed by atoms with E-state index in [1.54, 1.807) is 0 Å². The average Bonchev–Trinajstić information content (AvgIpc) is 3.66. The molecular weight excluding hydrogens is 828 g/mol. The van der Waals surface area contributed by atoms with Gasteiger partial charge in [0.05, 0.1) is 0 Å². The van der Waals surface area contributed by atoms with Crippen LogP contribution in [0.1, 0.15) is 135 Å². The normalized spacial score (nSPS) is 18.3. The summed E-state index contributed by atoms with van der Waals surface area (Å²) in [7, 11) is 0. The number of rotatable bonds is 3. The highest BCUT2D eigenvalue weighted by molar-refractivity contribution is 7.25. The van der Waals surface area contributed by atoms with Crippen LogP contribution in [0.25, 0.3) is 42.4 Å². The van der Waals surface area contributed by atoms with Crippen LogP contribution in [0, 0.1) is 6.92 Å². The largest absolute Gasteiger partial charge is 0.376 e. The minimum atomic E-state index is -0.0881. The highest BCUT2D eigenvalue weighted by Crippen LogP contribution is 2.55. The van der Waals surface area contributed by atoms with Crippen LogP contribution in [0.15, 0.2) is 127 Å². The van der Waals surface area contributed by atoms with E-state index in [0.29, 0.717) is 0 Å². The van der Waals surface area contributed by atoms with Gasteiger partial charge in [-0.05, 0) is 169 Å². The molecule has 4 aliphatic rings. The molecule has 2 aliphatic heterocycles. The van der Waals surface area contributed by atoms with Crippen LogP contribution in [0.4, 0.5) is 28.4 Å². The molecule has 12 rings (SSSR count). The summed E-state index contributed by atoms with van der Waals surface area (Å²) in [6.07, 6.45) is 4.74. The van der Waals surface area contributed by atoms with Crippen molar-refractivity contribution in [2.24, 2.45) is 0 Å². The van der Waals surface area contributed by atoms with Gasteiger partial charge < -0.3 is 9.71 Å². The molecule has 4 heteroatoms. The first-order chi connectivity index (χ1) is 31.7. The van der Waals surface area contributed by atoms with Gasteiger partial charge in [0.1, 0.15) is 0 Å². The van der Waals surface area contributed by atoms with E-state index in [0.717, 1.165) is 0 Å². The van der Waals surface area contributed by atoms with Crippen molar-refractivity contribution >= 4 is 77.7 Å². The number of thiophene rings is 1. The molecule has 2 aliphatic carbocycles. The number of hydrogen-bond acceptors (Lipinski definition) is 3. The van der Waals surface area contributed by atoms with Crippen LogP contribution >= 0.6 is 11.3 Å². The molecule has 7 aromatic carbocycles. The molecule has 0 saturated heterocycles. The molecule has 0 radical (unpaired) electrons. The van der Waals surface area contributed by atoms with Crippen molar-refractivity contribution in [1.29, 1.82) is 0 Å². The molecule has 0 saturated carbocycles. The van der Waals surface area contributed by atoms with Crippen LogP contribution in [0.3, 0.4) is 0 Å². The maximum absolute atomic E-state index is 2.78. The van der Waals surface area contributed by atoms with Crippen LogP contribution < -0.4 is 20.6 Å². The third-order valence-electron chi connectivity index (χ3n) is 17.0. The Morgan fingerprint density at radius 2 is 1.13 bits per heavy atom. The van der Waals surface area contributed by atoms with Crippen LogP contribution in [0.2, 0.25) is 0 Å². The Bertz CT molecular complexity index is 3380. The van der Waals surface area contributed by atoms with Crippen LogP contribution in [0.5, 0.6) is 0 Å². The van der Waals surface area contributed by atoms with Crippen LogP contribution in [-0.2, 0) is 27.1 Å². The Kier molecular flexibility index (Phi) is 9.09. The van der Waals surface area contributed by atoms with E-state index in [1.807, 2.05) is 11.3 Å². The molecule has 0 bridgehead atoms. The molecule has 1 aromatic heterocycles. The number of benzene rings is 7. The monoisotopic (exact) mass is 892 g/mol. The SMILES string of the molecule is Cc1cc2c(cc1N1c3ccc(-c4ccccc4)cc3B3c4c(cc(C(C)(C)C)cc41)-c1cc4sc5ccccc5c4cc1N3c1ccc3c(c1)C(C)(C)CCC3(C)C)C(C)(C)CCC2(C)C. The van der Waals surface area contributed by atoms with Crippen molar-refractivity contribution < 1.29 is 0 Å². The molecule has 0 spiro atoms. The fourth-order valence-electron chi connectivity index (χ4n) is 12.6. The van der Waals surface area contributed by atoms with Gasteiger partial charge in [-0.1, -0.05) is 155 Å². The Hall–Kier alpha value is -5.58. The maximum atomic E-state index is 2.78. The molecule has 0 atom stereocenters. The van der Waals surface area contributed by atoms with E-state index in [-0.39, 0.29) is 33.9 Å². The predicted octanol–water partition coefficient (Wildman–Crippen LogP) is 16.7. The summed E-state index contributed by atoms with van der Waals surface area (Å²) in [5.41, 5.74) is 23.3. The minimum Gasteiger partial charge on any atom is -0.376 e. The van der Waals surface area contributed by atoms with Gasteiger partial charge in [-0.3, -0.25) is 0 Å². The van der Waals surface area contributed by atoms with Gasteiger partial charge in [0.15, 0.2) is 0 Å². The molecule has 0 amide bonds. The van der Waals surface area contributed by atoms with Crippen molar-refractivity contribution in [2.75, 3.05) is 9.71 Å². The molecule has 8 aromatic rings. The van der Waals surface area contributed by atoms with E-state index in [4.69, 9.17) is 0 Å². The van der Waals surface area contributed by atoms with Crippen LogP contribution in [-0.4, -0.2) is 6.85 Å². The third kappa shape index (κ3) is 6.41. The van der Waals surface area contributed by atoms with E-state index in [1.165, 1.54) is 141 Å². The van der Waals surface area contributed by atoms with Gasteiger partial charge in [0.2, 0.25) is 0 Å². The van der Waals surface area contributed by atoms with Crippen molar-refractivity contribution in [1.82, 2.24) is 0 Å². The number of fused-ring (bicyclic) bond motifs is 9. The highest BCUT2D eigenvalue weighted by Gasteiger charge is 2.48. The highest BCUT2D eigenvalue weighted by atomic mass is 32.1. The molecule has 0 fully saturated rings. The minimum absolute atomic E-state index is 0.0613. The summed E-state index contributed by atoms with van der Waals surface area (Å²) in [6, 6.07) is 50.5. The zero-order chi connectivity index (χ0) is 46.7. The van der Waals surface area contributed by atoms with Gasteiger partial charge in [-0.15, -0.1) is 11.3 Å². The summed E-state index contributed by atoms with van der Waals surface area (Å²) in [5.74, 6) is 0. The summed E-state index contributed by atoms with van der Waals surface area (Å²) < 4.78 is 2.68. The van der Waals surface area contributed by atoms with Gasteiger partial charge in [0.25, 0.3) is 0 Å². The smallest absolute Gasteiger partial charge is 0.333 e. The lowest BCUT2D eigenvalue weighted by Crippen LogP contribution is -2.61. The predicted molar refractivity (Wildman–Crippen MR) is 292 cm³/mol. The number of aryl methyl sites for hydroxylation is 1. The quantitative estimate of drug-likeness (QED) is 0.163. The van der Waals surface area contributed by atoms with Gasteiger partial charge in [0, 0.05) is 54.2 Å². The van der Waals surface area contributed by atoms with E-state index < -0.39 is 0 Å². The fraction of sp³-hybridized carbons (Fsp3) is 0.333. The summed E-state index contributed by atoms with van der Waals surface area (Å²) in [5, 5.41) is 2.68. The van der Waals surface area contributed by atoms with Crippen molar-refractivity contribution in [3.63, 3.8) is 0 Å². The molecule has 0 N–H and O–H groups in total. The first-order valence-electron chi connectivity index (χ1n) is 25.0. The molecular formula is C63H65BN2S. The zero-order valence-corrected chi connectivity index (χ0v) is 42.6. The van der Waals surface area contributed by atoms with E-state index >= 15 is 0 Å². The van der Waals surface area contributed by atoms with Crippen molar-refractivity contribution in [3.8, 4) is 22.3 Å². The molecule has 2 nitrogen and oxygen atoms in total. The molecule has 67 heavy (non-hydrogen) atoms. The second-order valence-corrected chi connectivity index (χ2v) is 25.5. The number of anilines is 5. The van der Waals surface area contributed by atoms with E-state index in [9.17, 15) is 0 Å². The summed E-state index contributed by atoms with van der Waals surface area (Å²) >= 11 is 1.93. The zero-order valence-electron chi connectivity index (χ0n) is 41.8. The van der Waals surface area contributed by atoms with Crippen molar-refractivity contribution in [3.05, 3.63) is 161 Å². The van der Waals surface area contributed by atoms with E-state index in [2.05, 4.69) is 220 Å². The first-order valence-corrected chi connectivity index (χ1v) is 25.8.